The van der Waals surface area contributed by atoms with Gasteiger partial charge in [0.2, 0.25) is 11.7 Å². The molecule has 1 fully saturated rings. The van der Waals surface area contributed by atoms with Gasteiger partial charge in [-0.1, -0.05) is 5.16 Å². The van der Waals surface area contributed by atoms with Crippen LogP contribution in [-0.2, 0) is 11.0 Å². The third-order valence-electron chi connectivity index (χ3n) is 4.35. The van der Waals surface area contributed by atoms with Gasteiger partial charge in [0.1, 0.15) is 5.69 Å². The zero-order valence-electron chi connectivity index (χ0n) is 14.7. The number of alkyl halides is 3. The van der Waals surface area contributed by atoms with Crippen molar-refractivity contribution in [3.05, 3.63) is 28.3 Å². The van der Waals surface area contributed by atoms with Crippen LogP contribution in [0.1, 0.15) is 40.8 Å². The molecule has 2 aromatic heterocycles. The maximum absolute atomic E-state index is 12.9. The lowest BCUT2D eigenvalue weighted by atomic mass is 10.1. The molecule has 1 N–H and O–H groups in total. The molecule has 1 aliphatic rings. The van der Waals surface area contributed by atoms with E-state index >= 15 is 0 Å². The molecule has 1 saturated heterocycles. The van der Waals surface area contributed by atoms with E-state index in [9.17, 15) is 22.8 Å². The number of nitrogens with zero attached hydrogens (tertiary/aromatic N) is 2. The molecule has 6 nitrogen and oxygen atoms in total. The second-order valence-electron chi connectivity index (χ2n) is 6.44. The number of thiophene rings is 1. The number of piperidine rings is 1. The molecule has 0 bridgehead atoms. The molecule has 0 unspecified atom stereocenters. The van der Waals surface area contributed by atoms with Gasteiger partial charge in [0.05, 0.1) is 9.75 Å². The fourth-order valence-corrected chi connectivity index (χ4v) is 4.15. The summed E-state index contributed by atoms with van der Waals surface area (Å²) in [7, 11) is 0. The normalized spacial score (nSPS) is 17.8. The number of aromatic nitrogens is 1. The molecule has 0 aromatic carbocycles. The van der Waals surface area contributed by atoms with Gasteiger partial charge in [-0.05, 0) is 31.9 Å². The maximum atomic E-state index is 12.9. The van der Waals surface area contributed by atoms with Gasteiger partial charge in [0, 0.05) is 31.6 Å². The fraction of sp³-hybridized carbons (Fsp3) is 0.471. The largest absolute Gasteiger partial charge is 0.452 e. The van der Waals surface area contributed by atoms with Crippen molar-refractivity contribution in [2.24, 2.45) is 0 Å². The van der Waals surface area contributed by atoms with Gasteiger partial charge in [0.15, 0.2) is 0 Å². The quantitative estimate of drug-likeness (QED) is 0.855. The average molecular weight is 401 g/mol. The molecule has 146 valence electrons. The molecule has 0 radical (unpaired) electrons. The van der Waals surface area contributed by atoms with Gasteiger partial charge in [-0.25, -0.2) is 0 Å². The zero-order chi connectivity index (χ0) is 19.8. The Morgan fingerprint density at radius 3 is 2.74 bits per heavy atom. The Balaban J connectivity index is 1.77. The number of likely N-dealkylation sites (tertiary alicyclic amines) is 1. The number of carbonyl (C=O) groups excluding carboxylic acids is 2. The summed E-state index contributed by atoms with van der Waals surface area (Å²) in [4.78, 5) is 26.4. The molecule has 1 atom stereocenters. The summed E-state index contributed by atoms with van der Waals surface area (Å²) in [6.45, 7) is 3.70. The van der Waals surface area contributed by atoms with Crippen molar-refractivity contribution in [3.63, 3.8) is 0 Å². The second kappa shape index (κ2) is 7.34. The number of rotatable bonds is 3. The molecule has 27 heavy (non-hydrogen) atoms. The van der Waals surface area contributed by atoms with Crippen molar-refractivity contribution in [2.75, 3.05) is 13.1 Å². The number of hydrogen-bond acceptors (Lipinski definition) is 5. The van der Waals surface area contributed by atoms with Crippen LogP contribution in [-0.4, -0.2) is 41.0 Å². The number of nitrogens with one attached hydrogen (secondary N) is 1. The van der Waals surface area contributed by atoms with Crippen molar-refractivity contribution in [2.45, 2.75) is 38.9 Å². The van der Waals surface area contributed by atoms with Gasteiger partial charge in [-0.15, -0.1) is 11.3 Å². The number of halogens is 3. The summed E-state index contributed by atoms with van der Waals surface area (Å²) in [5.74, 6) is -1.49. The topological polar surface area (TPSA) is 75.4 Å². The van der Waals surface area contributed by atoms with E-state index in [1.807, 2.05) is 0 Å². The minimum absolute atomic E-state index is 0.0844. The number of carbonyl (C=O) groups is 2. The van der Waals surface area contributed by atoms with E-state index < -0.39 is 11.9 Å². The standard InChI is InChI=1S/C17H18F3N3O3S/c1-9-14(22-26-15(9)17(18,19)20)12-5-6-13(27-12)16(25)23-7-3-4-11(8-23)21-10(2)24/h5-6,11H,3-4,7-8H2,1-2H3,(H,21,24)/t11-/m1/s1. The molecule has 2 aromatic rings. The minimum atomic E-state index is -4.61. The van der Waals surface area contributed by atoms with Crippen LogP contribution >= 0.6 is 11.3 Å². The van der Waals surface area contributed by atoms with E-state index in [2.05, 4.69) is 15.0 Å². The zero-order valence-corrected chi connectivity index (χ0v) is 15.5. The molecule has 0 spiro atoms. The second-order valence-corrected chi connectivity index (χ2v) is 7.52. The summed E-state index contributed by atoms with van der Waals surface area (Å²) in [6, 6.07) is 3.05. The first-order valence-corrected chi connectivity index (χ1v) is 9.18. The summed E-state index contributed by atoms with van der Waals surface area (Å²) >= 11 is 1.07. The Bertz CT molecular complexity index is 859. The third-order valence-corrected chi connectivity index (χ3v) is 5.43. The van der Waals surface area contributed by atoms with E-state index in [0.29, 0.717) is 22.8 Å². The molecule has 0 aliphatic carbocycles. The third kappa shape index (κ3) is 4.15. The van der Waals surface area contributed by atoms with Gasteiger partial charge >= 0.3 is 6.18 Å². The maximum Gasteiger partial charge on any atom is 0.452 e. The molecule has 3 heterocycles. The van der Waals surface area contributed by atoms with Crippen LogP contribution in [0.25, 0.3) is 10.6 Å². The summed E-state index contributed by atoms with van der Waals surface area (Å²) in [5, 5.41) is 6.34. The lowest BCUT2D eigenvalue weighted by Gasteiger charge is -2.32. The van der Waals surface area contributed by atoms with E-state index in [4.69, 9.17) is 0 Å². The number of amides is 2. The first-order valence-electron chi connectivity index (χ1n) is 8.37. The highest BCUT2D eigenvalue weighted by atomic mass is 32.1. The van der Waals surface area contributed by atoms with Gasteiger partial charge in [-0.2, -0.15) is 13.2 Å². The molecule has 1 aliphatic heterocycles. The Hall–Kier alpha value is -2.36. The van der Waals surface area contributed by atoms with Gasteiger partial charge < -0.3 is 14.7 Å². The van der Waals surface area contributed by atoms with Crippen molar-refractivity contribution < 1.29 is 27.3 Å². The van der Waals surface area contributed by atoms with E-state index in [1.165, 1.54) is 13.8 Å². The number of hydrogen-bond donors (Lipinski definition) is 1. The SMILES string of the molecule is CC(=O)N[C@@H]1CCCN(C(=O)c2ccc(-c3noc(C(F)(F)F)c3C)s2)C1. The highest BCUT2D eigenvalue weighted by Crippen LogP contribution is 2.38. The van der Waals surface area contributed by atoms with Crippen molar-refractivity contribution in [1.29, 1.82) is 0 Å². The van der Waals surface area contributed by atoms with Crippen molar-refractivity contribution in [1.82, 2.24) is 15.4 Å². The lowest BCUT2D eigenvalue weighted by molar-refractivity contribution is -0.156. The molecular formula is C17H18F3N3O3S. The van der Waals surface area contributed by atoms with Crippen LogP contribution in [0.5, 0.6) is 0 Å². The summed E-state index contributed by atoms with van der Waals surface area (Å²) < 4.78 is 43.0. The molecule has 0 saturated carbocycles. The first-order chi connectivity index (χ1) is 12.7. The molecule has 3 rings (SSSR count). The van der Waals surface area contributed by atoms with Crippen LogP contribution < -0.4 is 5.32 Å². The van der Waals surface area contributed by atoms with E-state index in [-0.39, 0.29) is 29.1 Å². The fourth-order valence-electron chi connectivity index (χ4n) is 3.13. The predicted molar refractivity (Wildman–Crippen MR) is 92.3 cm³/mol. The molecule has 2 amide bonds. The smallest absolute Gasteiger partial charge is 0.352 e. The van der Waals surface area contributed by atoms with Crippen LogP contribution in [0.2, 0.25) is 0 Å². The van der Waals surface area contributed by atoms with Crippen molar-refractivity contribution in [3.8, 4) is 10.6 Å². The van der Waals surface area contributed by atoms with Gasteiger partial charge in [0.25, 0.3) is 5.91 Å². The Morgan fingerprint density at radius 1 is 1.37 bits per heavy atom. The lowest BCUT2D eigenvalue weighted by Crippen LogP contribution is -2.49. The van der Waals surface area contributed by atoms with Crippen LogP contribution in [0, 0.1) is 6.92 Å². The van der Waals surface area contributed by atoms with Gasteiger partial charge in [-0.3, -0.25) is 9.59 Å². The van der Waals surface area contributed by atoms with Crippen LogP contribution in [0.4, 0.5) is 13.2 Å². The average Bonchev–Trinajstić information content (AvgIpc) is 3.19. The molecular weight excluding hydrogens is 383 g/mol. The van der Waals surface area contributed by atoms with E-state index in [1.54, 1.807) is 17.0 Å². The minimum Gasteiger partial charge on any atom is -0.352 e. The first kappa shape index (κ1) is 19.4. The summed E-state index contributed by atoms with van der Waals surface area (Å²) in [6.07, 6.45) is -3.04. The highest BCUT2D eigenvalue weighted by molar-refractivity contribution is 7.17. The Morgan fingerprint density at radius 2 is 2.11 bits per heavy atom. The Labute approximate surface area is 157 Å². The monoisotopic (exact) mass is 401 g/mol. The predicted octanol–water partition coefficient (Wildman–Crippen LogP) is 3.47. The van der Waals surface area contributed by atoms with Crippen LogP contribution in [0.15, 0.2) is 16.7 Å². The van der Waals surface area contributed by atoms with Crippen LogP contribution in [0.3, 0.4) is 0 Å². The van der Waals surface area contributed by atoms with Crippen molar-refractivity contribution >= 4 is 23.2 Å². The summed E-state index contributed by atoms with van der Waals surface area (Å²) in [5.41, 5.74) is -0.0202. The van der Waals surface area contributed by atoms with E-state index in [0.717, 1.165) is 24.2 Å². The Kier molecular flexibility index (Phi) is 5.27. The highest BCUT2D eigenvalue weighted by Gasteiger charge is 2.39. The molecule has 10 heteroatoms.